The molecule has 6 heteroatoms. The lowest BCUT2D eigenvalue weighted by Crippen LogP contribution is -2.49. The molecular formula is C12H20N2O2S2. The van der Waals surface area contributed by atoms with Gasteiger partial charge in [-0.2, -0.15) is 0 Å². The van der Waals surface area contributed by atoms with Crippen molar-refractivity contribution in [2.45, 2.75) is 38.5 Å². The maximum Gasteiger partial charge on any atom is 0.230 e. The van der Waals surface area contributed by atoms with Gasteiger partial charge in [-0.1, -0.05) is 6.92 Å². The van der Waals surface area contributed by atoms with Crippen molar-refractivity contribution in [3.63, 3.8) is 0 Å². The van der Waals surface area contributed by atoms with E-state index in [1.807, 2.05) is 26.2 Å². The molecule has 18 heavy (non-hydrogen) atoms. The summed E-state index contributed by atoms with van der Waals surface area (Å²) in [6.45, 7) is 5.73. The van der Waals surface area contributed by atoms with Crippen LogP contribution in [-0.4, -0.2) is 33.9 Å². The second kappa shape index (κ2) is 7.11. The Morgan fingerprint density at radius 2 is 2.39 bits per heavy atom. The topological polar surface area (TPSA) is 62.2 Å². The lowest BCUT2D eigenvalue weighted by atomic mass is 10.0. The highest BCUT2D eigenvalue weighted by atomic mass is 32.2. The molecule has 2 N–H and O–H groups in total. The minimum atomic E-state index is -0.505. The van der Waals surface area contributed by atoms with Gasteiger partial charge in [0.1, 0.15) is 0 Å². The Balaban J connectivity index is 2.29. The quantitative estimate of drug-likeness (QED) is 0.805. The van der Waals surface area contributed by atoms with Gasteiger partial charge in [-0.05, 0) is 20.3 Å². The molecule has 1 unspecified atom stereocenters. The molecule has 0 radical (unpaired) electrons. The van der Waals surface area contributed by atoms with E-state index in [9.17, 15) is 9.90 Å². The fourth-order valence-electron chi connectivity index (χ4n) is 1.34. The minimum Gasteiger partial charge on any atom is -0.394 e. The van der Waals surface area contributed by atoms with E-state index in [1.54, 1.807) is 11.3 Å². The molecule has 0 spiro atoms. The first-order chi connectivity index (χ1) is 8.49. The van der Waals surface area contributed by atoms with Crippen LogP contribution in [0.4, 0.5) is 0 Å². The van der Waals surface area contributed by atoms with Crippen molar-refractivity contribution < 1.29 is 9.90 Å². The lowest BCUT2D eigenvalue weighted by Gasteiger charge is -2.27. The zero-order chi connectivity index (χ0) is 13.6. The highest BCUT2D eigenvalue weighted by Crippen LogP contribution is 2.15. The van der Waals surface area contributed by atoms with E-state index >= 15 is 0 Å². The molecule has 0 aliphatic carbocycles. The Labute approximate surface area is 116 Å². The van der Waals surface area contributed by atoms with Crippen molar-refractivity contribution in [1.82, 2.24) is 10.3 Å². The Hall–Kier alpha value is -0.590. The third-order valence-corrected chi connectivity index (χ3v) is 4.51. The summed E-state index contributed by atoms with van der Waals surface area (Å²) in [5.41, 5.74) is 0.519. The molecule has 1 amide bonds. The lowest BCUT2D eigenvalue weighted by molar-refractivity contribution is -0.120. The van der Waals surface area contributed by atoms with Crippen LogP contribution in [-0.2, 0) is 10.5 Å². The maximum atomic E-state index is 11.7. The molecule has 1 atom stereocenters. The SMILES string of the molecule is CCC(C)(CO)NC(=O)CSCc1csc(C)n1. The molecule has 0 saturated heterocycles. The number of amides is 1. The largest absolute Gasteiger partial charge is 0.394 e. The predicted molar refractivity (Wildman–Crippen MR) is 76.9 cm³/mol. The smallest absolute Gasteiger partial charge is 0.230 e. The van der Waals surface area contributed by atoms with Crippen molar-refractivity contribution >= 4 is 29.0 Å². The number of thioether (sulfide) groups is 1. The molecule has 0 fully saturated rings. The van der Waals surface area contributed by atoms with Crippen molar-refractivity contribution in [1.29, 1.82) is 0 Å². The number of aliphatic hydroxyl groups excluding tert-OH is 1. The van der Waals surface area contributed by atoms with Crippen LogP contribution in [0, 0.1) is 6.92 Å². The van der Waals surface area contributed by atoms with Crippen molar-refractivity contribution in [3.05, 3.63) is 16.1 Å². The van der Waals surface area contributed by atoms with Crippen LogP contribution < -0.4 is 5.32 Å². The number of rotatable bonds is 7. The molecule has 1 rings (SSSR count). The molecule has 0 aromatic carbocycles. The first-order valence-electron chi connectivity index (χ1n) is 5.89. The summed E-state index contributed by atoms with van der Waals surface area (Å²) in [6.07, 6.45) is 0.713. The first-order valence-corrected chi connectivity index (χ1v) is 7.93. The van der Waals surface area contributed by atoms with Crippen LogP contribution >= 0.6 is 23.1 Å². The standard InChI is InChI=1S/C12H20N2O2S2/c1-4-12(3,8-15)14-11(16)7-17-5-10-6-18-9(2)13-10/h6,15H,4-5,7-8H2,1-3H3,(H,14,16). The fourth-order valence-corrected chi connectivity index (χ4v) is 2.77. The molecule has 1 heterocycles. The van der Waals surface area contributed by atoms with Crippen LogP contribution in [0.5, 0.6) is 0 Å². The fraction of sp³-hybridized carbons (Fsp3) is 0.667. The second-order valence-electron chi connectivity index (χ2n) is 4.47. The number of nitrogens with one attached hydrogen (secondary N) is 1. The van der Waals surface area contributed by atoms with Gasteiger partial charge in [0.25, 0.3) is 0 Å². The predicted octanol–water partition coefficient (Wildman–Crippen LogP) is 1.96. The van der Waals surface area contributed by atoms with Gasteiger partial charge in [0.2, 0.25) is 5.91 Å². The highest BCUT2D eigenvalue weighted by Gasteiger charge is 2.22. The Kier molecular flexibility index (Phi) is 6.11. The van der Waals surface area contributed by atoms with Crippen molar-refractivity contribution in [2.24, 2.45) is 0 Å². The van der Waals surface area contributed by atoms with Gasteiger partial charge in [-0.25, -0.2) is 4.98 Å². The van der Waals surface area contributed by atoms with Gasteiger partial charge < -0.3 is 10.4 Å². The van der Waals surface area contributed by atoms with E-state index in [2.05, 4.69) is 10.3 Å². The van der Waals surface area contributed by atoms with Gasteiger partial charge >= 0.3 is 0 Å². The number of hydrogen-bond acceptors (Lipinski definition) is 5. The zero-order valence-electron chi connectivity index (χ0n) is 11.0. The van der Waals surface area contributed by atoms with Crippen LogP contribution in [0.1, 0.15) is 31.0 Å². The summed E-state index contributed by atoms with van der Waals surface area (Å²) < 4.78 is 0. The second-order valence-corrected chi connectivity index (χ2v) is 6.52. The molecule has 102 valence electrons. The van der Waals surface area contributed by atoms with Crippen LogP contribution in [0.3, 0.4) is 0 Å². The summed E-state index contributed by atoms with van der Waals surface area (Å²) in [5, 5.41) is 15.1. The minimum absolute atomic E-state index is 0.0365. The van der Waals surface area contributed by atoms with Gasteiger partial charge in [0.15, 0.2) is 0 Å². The molecule has 4 nitrogen and oxygen atoms in total. The summed E-state index contributed by atoms with van der Waals surface area (Å²) in [4.78, 5) is 16.1. The van der Waals surface area contributed by atoms with Gasteiger partial charge in [-0.15, -0.1) is 23.1 Å². The van der Waals surface area contributed by atoms with Crippen LogP contribution in [0.15, 0.2) is 5.38 Å². The monoisotopic (exact) mass is 288 g/mol. The van der Waals surface area contributed by atoms with Crippen molar-refractivity contribution in [3.8, 4) is 0 Å². The molecular weight excluding hydrogens is 268 g/mol. The van der Waals surface area contributed by atoms with E-state index in [0.29, 0.717) is 12.2 Å². The first kappa shape index (κ1) is 15.5. The molecule has 0 aliphatic rings. The van der Waals surface area contributed by atoms with Gasteiger partial charge in [-0.3, -0.25) is 4.79 Å². The average molecular weight is 288 g/mol. The number of aromatic nitrogens is 1. The molecule has 1 aromatic heterocycles. The number of aliphatic hydroxyl groups is 1. The van der Waals surface area contributed by atoms with Crippen molar-refractivity contribution in [2.75, 3.05) is 12.4 Å². The number of nitrogens with zero attached hydrogens (tertiary/aromatic N) is 1. The number of aryl methyl sites for hydroxylation is 1. The third kappa shape index (κ3) is 4.96. The Bertz CT molecular complexity index is 389. The number of carbonyl (C=O) groups excluding carboxylic acids is 1. The maximum absolute atomic E-state index is 11.7. The molecule has 1 aromatic rings. The van der Waals surface area contributed by atoms with Gasteiger partial charge in [0.05, 0.1) is 28.6 Å². The third-order valence-electron chi connectivity index (χ3n) is 2.72. The number of hydrogen-bond donors (Lipinski definition) is 2. The van der Waals surface area contributed by atoms with Crippen LogP contribution in [0.25, 0.3) is 0 Å². The number of thiazole rings is 1. The summed E-state index contributed by atoms with van der Waals surface area (Å²) >= 11 is 3.16. The normalized spacial score (nSPS) is 14.2. The Morgan fingerprint density at radius 1 is 1.67 bits per heavy atom. The average Bonchev–Trinajstić information content (AvgIpc) is 2.75. The number of carbonyl (C=O) groups is 1. The summed E-state index contributed by atoms with van der Waals surface area (Å²) in [7, 11) is 0. The van der Waals surface area contributed by atoms with E-state index in [4.69, 9.17) is 0 Å². The molecule has 0 aliphatic heterocycles. The highest BCUT2D eigenvalue weighted by molar-refractivity contribution is 7.99. The Morgan fingerprint density at radius 3 is 2.89 bits per heavy atom. The summed E-state index contributed by atoms with van der Waals surface area (Å²) in [5.74, 6) is 1.11. The van der Waals surface area contributed by atoms with E-state index in [-0.39, 0.29) is 12.5 Å². The molecule has 0 bridgehead atoms. The van der Waals surface area contributed by atoms with E-state index in [0.717, 1.165) is 16.5 Å². The van der Waals surface area contributed by atoms with Gasteiger partial charge in [0, 0.05) is 11.1 Å². The van der Waals surface area contributed by atoms with Crippen LogP contribution in [0.2, 0.25) is 0 Å². The molecule has 0 saturated carbocycles. The van der Waals surface area contributed by atoms with E-state index in [1.165, 1.54) is 11.8 Å². The summed E-state index contributed by atoms with van der Waals surface area (Å²) in [6, 6.07) is 0. The zero-order valence-corrected chi connectivity index (χ0v) is 12.7. The van der Waals surface area contributed by atoms with E-state index < -0.39 is 5.54 Å².